The van der Waals surface area contributed by atoms with Crippen molar-refractivity contribution < 1.29 is 13.9 Å². The molecule has 0 unspecified atom stereocenters. The van der Waals surface area contributed by atoms with E-state index in [9.17, 15) is 9.18 Å². The van der Waals surface area contributed by atoms with Crippen molar-refractivity contribution in [3.63, 3.8) is 0 Å². The molecule has 0 bridgehead atoms. The van der Waals surface area contributed by atoms with E-state index in [2.05, 4.69) is 15.2 Å². The standard InChI is InChI=1S/C16H18FN3O2S/c17-13-3-1-12(2-4-13)9-18-16(21)14-11-23-15(19-14)10-20-5-7-22-8-6-20/h1-4,11H,5-10H2,(H,18,21). The summed E-state index contributed by atoms with van der Waals surface area (Å²) in [6.07, 6.45) is 0. The fraction of sp³-hybridized carbons (Fsp3) is 0.375. The van der Waals surface area contributed by atoms with Crippen molar-refractivity contribution in [1.29, 1.82) is 0 Å². The molecular formula is C16H18FN3O2S. The molecule has 1 N–H and O–H groups in total. The third kappa shape index (κ3) is 4.57. The van der Waals surface area contributed by atoms with E-state index in [1.165, 1.54) is 23.5 Å². The fourth-order valence-corrected chi connectivity index (χ4v) is 3.13. The van der Waals surface area contributed by atoms with Crippen molar-refractivity contribution in [3.05, 3.63) is 51.7 Å². The van der Waals surface area contributed by atoms with Crippen molar-refractivity contribution in [3.8, 4) is 0 Å². The first kappa shape index (κ1) is 16.0. The van der Waals surface area contributed by atoms with Crippen LogP contribution in [0.25, 0.3) is 0 Å². The molecule has 1 fully saturated rings. The zero-order chi connectivity index (χ0) is 16.1. The predicted octanol–water partition coefficient (Wildman–Crippen LogP) is 2.04. The Hall–Kier alpha value is -1.83. The van der Waals surface area contributed by atoms with Gasteiger partial charge in [-0.15, -0.1) is 11.3 Å². The summed E-state index contributed by atoms with van der Waals surface area (Å²) >= 11 is 1.49. The molecule has 0 saturated carbocycles. The highest BCUT2D eigenvalue weighted by molar-refractivity contribution is 7.09. The number of carbonyl (C=O) groups excluding carboxylic acids is 1. The van der Waals surface area contributed by atoms with Gasteiger partial charge in [0.05, 0.1) is 19.8 Å². The molecule has 2 aromatic rings. The quantitative estimate of drug-likeness (QED) is 0.909. The highest BCUT2D eigenvalue weighted by atomic mass is 32.1. The highest BCUT2D eigenvalue weighted by Gasteiger charge is 2.15. The first-order valence-electron chi connectivity index (χ1n) is 7.48. The van der Waals surface area contributed by atoms with Gasteiger partial charge in [0, 0.05) is 25.0 Å². The Bertz CT molecular complexity index is 654. The second kappa shape index (κ2) is 7.63. The summed E-state index contributed by atoms with van der Waals surface area (Å²) in [5.74, 6) is -0.494. The molecule has 1 aromatic heterocycles. The maximum Gasteiger partial charge on any atom is 0.271 e. The molecule has 0 atom stereocenters. The maximum atomic E-state index is 12.8. The monoisotopic (exact) mass is 335 g/mol. The van der Waals surface area contributed by atoms with Gasteiger partial charge in [-0.25, -0.2) is 9.37 Å². The number of carbonyl (C=O) groups is 1. The summed E-state index contributed by atoms with van der Waals surface area (Å²) in [5.41, 5.74) is 1.28. The molecule has 0 radical (unpaired) electrons. The van der Waals surface area contributed by atoms with Crippen LogP contribution in [0.4, 0.5) is 4.39 Å². The minimum Gasteiger partial charge on any atom is -0.379 e. The van der Waals surface area contributed by atoms with Crippen molar-refractivity contribution in [2.75, 3.05) is 26.3 Å². The molecule has 7 heteroatoms. The number of hydrogen-bond acceptors (Lipinski definition) is 5. The molecule has 122 valence electrons. The number of amides is 1. The number of halogens is 1. The molecule has 1 aromatic carbocycles. The number of nitrogens with zero attached hydrogens (tertiary/aromatic N) is 2. The molecular weight excluding hydrogens is 317 g/mol. The van der Waals surface area contributed by atoms with Crippen LogP contribution in [0.2, 0.25) is 0 Å². The number of benzene rings is 1. The van der Waals surface area contributed by atoms with E-state index in [4.69, 9.17) is 4.74 Å². The predicted molar refractivity (Wildman–Crippen MR) is 85.8 cm³/mol. The van der Waals surface area contributed by atoms with Gasteiger partial charge >= 0.3 is 0 Å². The number of hydrogen-bond donors (Lipinski definition) is 1. The van der Waals surface area contributed by atoms with E-state index in [-0.39, 0.29) is 11.7 Å². The summed E-state index contributed by atoms with van der Waals surface area (Å²) in [6, 6.07) is 6.07. The van der Waals surface area contributed by atoms with Crippen LogP contribution in [-0.2, 0) is 17.8 Å². The van der Waals surface area contributed by atoms with E-state index < -0.39 is 0 Å². The molecule has 3 rings (SSSR count). The lowest BCUT2D eigenvalue weighted by Gasteiger charge is -2.25. The third-order valence-electron chi connectivity index (χ3n) is 3.61. The second-order valence-corrected chi connectivity index (χ2v) is 6.27. The number of aromatic nitrogens is 1. The Labute approximate surface area is 138 Å². The summed E-state index contributed by atoms with van der Waals surface area (Å²) in [5, 5.41) is 5.50. The van der Waals surface area contributed by atoms with Gasteiger partial charge < -0.3 is 10.1 Å². The van der Waals surface area contributed by atoms with Crippen LogP contribution in [0.1, 0.15) is 21.1 Å². The van der Waals surface area contributed by atoms with Crippen LogP contribution in [0.3, 0.4) is 0 Å². The Balaban J connectivity index is 1.52. The Morgan fingerprint density at radius 1 is 1.30 bits per heavy atom. The zero-order valence-electron chi connectivity index (χ0n) is 12.6. The number of rotatable bonds is 5. The lowest BCUT2D eigenvalue weighted by atomic mass is 10.2. The maximum absolute atomic E-state index is 12.8. The molecule has 23 heavy (non-hydrogen) atoms. The van der Waals surface area contributed by atoms with Gasteiger partial charge in [-0.1, -0.05) is 12.1 Å². The largest absolute Gasteiger partial charge is 0.379 e. The van der Waals surface area contributed by atoms with Crippen LogP contribution < -0.4 is 5.32 Å². The second-order valence-electron chi connectivity index (χ2n) is 5.32. The number of thiazole rings is 1. The van der Waals surface area contributed by atoms with Gasteiger partial charge in [0.25, 0.3) is 5.91 Å². The fourth-order valence-electron chi connectivity index (χ4n) is 2.31. The van der Waals surface area contributed by atoms with Crippen LogP contribution in [-0.4, -0.2) is 42.1 Å². The summed E-state index contributed by atoms with van der Waals surface area (Å²) in [7, 11) is 0. The van der Waals surface area contributed by atoms with Gasteiger partial charge in [0.1, 0.15) is 16.5 Å². The van der Waals surface area contributed by atoms with Gasteiger partial charge in [-0.3, -0.25) is 9.69 Å². The Morgan fingerprint density at radius 2 is 2.04 bits per heavy atom. The SMILES string of the molecule is O=C(NCc1ccc(F)cc1)c1csc(CN2CCOCC2)n1. The van der Waals surface area contributed by atoms with Crippen LogP contribution in [0.5, 0.6) is 0 Å². The van der Waals surface area contributed by atoms with Crippen LogP contribution >= 0.6 is 11.3 Å². The van der Waals surface area contributed by atoms with E-state index in [0.29, 0.717) is 12.2 Å². The van der Waals surface area contributed by atoms with Crippen molar-refractivity contribution in [2.24, 2.45) is 0 Å². The highest BCUT2D eigenvalue weighted by Crippen LogP contribution is 2.13. The van der Waals surface area contributed by atoms with E-state index in [0.717, 1.165) is 43.4 Å². The zero-order valence-corrected chi connectivity index (χ0v) is 13.4. The van der Waals surface area contributed by atoms with E-state index >= 15 is 0 Å². The molecule has 2 heterocycles. The molecule has 0 aliphatic carbocycles. The first-order valence-corrected chi connectivity index (χ1v) is 8.36. The molecule has 0 spiro atoms. The van der Waals surface area contributed by atoms with Crippen molar-refractivity contribution in [2.45, 2.75) is 13.1 Å². The van der Waals surface area contributed by atoms with Crippen LogP contribution in [0.15, 0.2) is 29.6 Å². The van der Waals surface area contributed by atoms with E-state index in [1.54, 1.807) is 17.5 Å². The Morgan fingerprint density at radius 3 is 2.78 bits per heavy atom. The molecule has 5 nitrogen and oxygen atoms in total. The van der Waals surface area contributed by atoms with Crippen molar-refractivity contribution >= 4 is 17.2 Å². The minimum atomic E-state index is -0.285. The number of morpholine rings is 1. The lowest BCUT2D eigenvalue weighted by Crippen LogP contribution is -2.35. The molecule has 1 aliphatic rings. The summed E-state index contributed by atoms with van der Waals surface area (Å²) in [6.45, 7) is 4.39. The normalized spacial score (nSPS) is 15.5. The number of ether oxygens (including phenoxy) is 1. The smallest absolute Gasteiger partial charge is 0.271 e. The molecule has 1 aliphatic heterocycles. The van der Waals surface area contributed by atoms with Gasteiger partial charge in [-0.05, 0) is 17.7 Å². The van der Waals surface area contributed by atoms with Gasteiger partial charge in [0.2, 0.25) is 0 Å². The Kier molecular flexibility index (Phi) is 5.32. The molecule has 1 amide bonds. The van der Waals surface area contributed by atoms with E-state index in [1.807, 2.05) is 0 Å². The third-order valence-corrected chi connectivity index (χ3v) is 4.45. The summed E-state index contributed by atoms with van der Waals surface area (Å²) < 4.78 is 18.2. The van der Waals surface area contributed by atoms with Crippen LogP contribution in [0, 0.1) is 5.82 Å². The number of nitrogens with one attached hydrogen (secondary N) is 1. The topological polar surface area (TPSA) is 54.5 Å². The lowest BCUT2D eigenvalue weighted by molar-refractivity contribution is 0.0341. The summed E-state index contributed by atoms with van der Waals surface area (Å²) in [4.78, 5) is 18.8. The van der Waals surface area contributed by atoms with Gasteiger partial charge in [0.15, 0.2) is 0 Å². The van der Waals surface area contributed by atoms with Gasteiger partial charge in [-0.2, -0.15) is 0 Å². The first-order chi connectivity index (χ1) is 11.2. The minimum absolute atomic E-state index is 0.209. The average molecular weight is 335 g/mol. The van der Waals surface area contributed by atoms with Crippen molar-refractivity contribution in [1.82, 2.24) is 15.2 Å². The molecule has 1 saturated heterocycles. The average Bonchev–Trinajstić information content (AvgIpc) is 3.03.